The SMILES string of the molecule is Cc1ccc(NC(=O)Nc2ccc(N)cc2Cl)cc1. The molecule has 0 spiro atoms. The molecule has 19 heavy (non-hydrogen) atoms. The van der Waals surface area contributed by atoms with Crippen molar-refractivity contribution in [3.63, 3.8) is 0 Å². The van der Waals surface area contributed by atoms with E-state index in [2.05, 4.69) is 10.6 Å². The van der Waals surface area contributed by atoms with Crippen molar-refractivity contribution >= 4 is 34.7 Å². The van der Waals surface area contributed by atoms with Gasteiger partial charge in [0.15, 0.2) is 0 Å². The van der Waals surface area contributed by atoms with Gasteiger partial charge in [-0.1, -0.05) is 29.3 Å². The zero-order chi connectivity index (χ0) is 13.8. The fourth-order valence-electron chi connectivity index (χ4n) is 1.55. The molecule has 98 valence electrons. The number of amides is 2. The maximum atomic E-state index is 11.8. The summed E-state index contributed by atoms with van der Waals surface area (Å²) >= 11 is 5.97. The van der Waals surface area contributed by atoms with Crippen molar-refractivity contribution in [2.75, 3.05) is 16.4 Å². The quantitative estimate of drug-likeness (QED) is 0.728. The molecule has 0 aliphatic heterocycles. The van der Waals surface area contributed by atoms with Crippen LogP contribution in [0, 0.1) is 6.92 Å². The van der Waals surface area contributed by atoms with Crippen LogP contribution in [0.2, 0.25) is 5.02 Å². The van der Waals surface area contributed by atoms with Crippen LogP contribution in [0.15, 0.2) is 42.5 Å². The van der Waals surface area contributed by atoms with E-state index in [1.807, 2.05) is 31.2 Å². The van der Waals surface area contributed by atoms with E-state index >= 15 is 0 Å². The van der Waals surface area contributed by atoms with E-state index < -0.39 is 0 Å². The third kappa shape index (κ3) is 3.63. The summed E-state index contributed by atoms with van der Waals surface area (Å²) in [7, 11) is 0. The molecule has 0 unspecified atom stereocenters. The lowest BCUT2D eigenvalue weighted by Gasteiger charge is -2.09. The van der Waals surface area contributed by atoms with Gasteiger partial charge in [-0.25, -0.2) is 4.79 Å². The number of rotatable bonds is 2. The van der Waals surface area contributed by atoms with Gasteiger partial charge in [0.25, 0.3) is 0 Å². The number of hydrogen-bond donors (Lipinski definition) is 3. The Labute approximate surface area is 116 Å². The number of nitrogens with two attached hydrogens (primary N) is 1. The molecule has 0 saturated heterocycles. The summed E-state index contributed by atoms with van der Waals surface area (Å²) < 4.78 is 0. The molecule has 0 atom stereocenters. The predicted octanol–water partition coefficient (Wildman–Crippen LogP) is 3.87. The minimum absolute atomic E-state index is 0.351. The van der Waals surface area contributed by atoms with Gasteiger partial charge in [0, 0.05) is 11.4 Å². The van der Waals surface area contributed by atoms with Crippen LogP contribution in [0.4, 0.5) is 21.9 Å². The normalized spacial score (nSPS) is 10.0. The Morgan fingerprint density at radius 2 is 1.79 bits per heavy atom. The molecule has 0 aliphatic rings. The van der Waals surface area contributed by atoms with E-state index in [0.29, 0.717) is 16.4 Å². The highest BCUT2D eigenvalue weighted by molar-refractivity contribution is 6.34. The maximum Gasteiger partial charge on any atom is 0.323 e. The zero-order valence-electron chi connectivity index (χ0n) is 10.4. The first-order chi connectivity index (χ1) is 9.04. The Morgan fingerprint density at radius 1 is 1.11 bits per heavy atom. The fourth-order valence-corrected chi connectivity index (χ4v) is 1.79. The van der Waals surface area contributed by atoms with Gasteiger partial charge >= 0.3 is 6.03 Å². The largest absolute Gasteiger partial charge is 0.399 e. The summed E-state index contributed by atoms with van der Waals surface area (Å²) in [5, 5.41) is 5.78. The molecule has 4 nitrogen and oxygen atoms in total. The Morgan fingerprint density at radius 3 is 2.42 bits per heavy atom. The van der Waals surface area contributed by atoms with Crippen LogP contribution in [0.3, 0.4) is 0 Å². The molecule has 4 N–H and O–H groups in total. The molecule has 2 amide bonds. The number of carbonyl (C=O) groups is 1. The summed E-state index contributed by atoms with van der Waals surface area (Å²) in [6, 6.07) is 12.1. The van der Waals surface area contributed by atoms with E-state index in [4.69, 9.17) is 17.3 Å². The lowest BCUT2D eigenvalue weighted by Crippen LogP contribution is -2.19. The lowest BCUT2D eigenvalue weighted by molar-refractivity contribution is 0.262. The summed E-state index contributed by atoms with van der Waals surface area (Å²) in [6.45, 7) is 1.98. The van der Waals surface area contributed by atoms with E-state index in [0.717, 1.165) is 11.3 Å². The summed E-state index contributed by atoms with van der Waals surface area (Å²) in [6.07, 6.45) is 0. The monoisotopic (exact) mass is 275 g/mol. The first-order valence-electron chi connectivity index (χ1n) is 5.74. The maximum absolute atomic E-state index is 11.8. The van der Waals surface area contributed by atoms with Gasteiger partial charge in [0.2, 0.25) is 0 Å². The van der Waals surface area contributed by atoms with Crippen LogP contribution < -0.4 is 16.4 Å². The number of aryl methyl sites for hydroxylation is 1. The third-order valence-corrected chi connectivity index (χ3v) is 2.86. The second-order valence-electron chi connectivity index (χ2n) is 4.18. The first-order valence-corrected chi connectivity index (χ1v) is 6.12. The number of anilines is 3. The van der Waals surface area contributed by atoms with Gasteiger partial charge < -0.3 is 16.4 Å². The van der Waals surface area contributed by atoms with E-state index in [-0.39, 0.29) is 6.03 Å². The van der Waals surface area contributed by atoms with Gasteiger partial charge in [0.1, 0.15) is 0 Å². The van der Waals surface area contributed by atoms with Gasteiger partial charge in [-0.2, -0.15) is 0 Å². The highest BCUT2D eigenvalue weighted by atomic mass is 35.5. The van der Waals surface area contributed by atoms with Crippen molar-refractivity contribution in [3.05, 3.63) is 53.1 Å². The number of benzene rings is 2. The number of nitrogen functional groups attached to an aromatic ring is 1. The number of carbonyl (C=O) groups excluding carboxylic acids is 1. The lowest BCUT2D eigenvalue weighted by atomic mass is 10.2. The average Bonchev–Trinajstić information content (AvgIpc) is 2.36. The number of nitrogens with one attached hydrogen (secondary N) is 2. The minimum Gasteiger partial charge on any atom is -0.399 e. The molecule has 0 heterocycles. The predicted molar refractivity (Wildman–Crippen MR) is 79.7 cm³/mol. The molecule has 0 radical (unpaired) electrons. The molecular weight excluding hydrogens is 262 g/mol. The second-order valence-corrected chi connectivity index (χ2v) is 4.59. The van der Waals surface area contributed by atoms with Crippen molar-refractivity contribution < 1.29 is 4.79 Å². The van der Waals surface area contributed by atoms with Crippen LogP contribution in [0.5, 0.6) is 0 Å². The molecule has 0 fully saturated rings. The van der Waals surface area contributed by atoms with Gasteiger partial charge in [-0.15, -0.1) is 0 Å². The van der Waals surface area contributed by atoms with Crippen LogP contribution in [-0.4, -0.2) is 6.03 Å². The molecule has 2 aromatic rings. The smallest absolute Gasteiger partial charge is 0.323 e. The van der Waals surface area contributed by atoms with Crippen molar-refractivity contribution in [1.82, 2.24) is 0 Å². The van der Waals surface area contributed by atoms with E-state index in [9.17, 15) is 4.79 Å². The second kappa shape index (κ2) is 5.63. The van der Waals surface area contributed by atoms with Gasteiger partial charge in [-0.05, 0) is 37.3 Å². The summed E-state index contributed by atoms with van der Waals surface area (Å²) in [4.78, 5) is 11.8. The Kier molecular flexibility index (Phi) is 3.92. The average molecular weight is 276 g/mol. The zero-order valence-corrected chi connectivity index (χ0v) is 11.2. The Hall–Kier alpha value is -2.20. The van der Waals surface area contributed by atoms with Crippen LogP contribution in [0.25, 0.3) is 0 Å². The minimum atomic E-state index is -0.351. The Bertz CT molecular complexity index is 596. The molecule has 0 aromatic heterocycles. The summed E-state index contributed by atoms with van der Waals surface area (Å²) in [5.41, 5.74) is 8.50. The molecule has 0 aliphatic carbocycles. The number of urea groups is 1. The molecule has 0 saturated carbocycles. The van der Waals surface area contributed by atoms with Crippen molar-refractivity contribution in [1.29, 1.82) is 0 Å². The number of halogens is 1. The van der Waals surface area contributed by atoms with Gasteiger partial charge in [-0.3, -0.25) is 0 Å². The standard InChI is InChI=1S/C14H14ClN3O/c1-9-2-5-11(6-3-9)17-14(19)18-13-7-4-10(16)8-12(13)15/h2-8H,16H2,1H3,(H2,17,18,19). The first kappa shape index (κ1) is 13.2. The molecule has 2 aromatic carbocycles. The molecule has 0 bridgehead atoms. The summed E-state index contributed by atoms with van der Waals surface area (Å²) in [5.74, 6) is 0. The van der Waals surface area contributed by atoms with Crippen LogP contribution in [-0.2, 0) is 0 Å². The van der Waals surface area contributed by atoms with Crippen molar-refractivity contribution in [2.45, 2.75) is 6.92 Å². The highest BCUT2D eigenvalue weighted by Gasteiger charge is 2.06. The fraction of sp³-hybridized carbons (Fsp3) is 0.0714. The topological polar surface area (TPSA) is 67.2 Å². The molecular formula is C14H14ClN3O. The van der Waals surface area contributed by atoms with Gasteiger partial charge in [0.05, 0.1) is 10.7 Å². The highest BCUT2D eigenvalue weighted by Crippen LogP contribution is 2.24. The molecule has 5 heteroatoms. The molecule has 2 rings (SSSR count). The Balaban J connectivity index is 2.03. The van der Waals surface area contributed by atoms with E-state index in [1.54, 1.807) is 18.2 Å². The van der Waals surface area contributed by atoms with Crippen LogP contribution in [0.1, 0.15) is 5.56 Å². The van der Waals surface area contributed by atoms with Crippen LogP contribution >= 0.6 is 11.6 Å². The van der Waals surface area contributed by atoms with E-state index in [1.165, 1.54) is 0 Å². The van der Waals surface area contributed by atoms with Crippen molar-refractivity contribution in [2.24, 2.45) is 0 Å². The third-order valence-electron chi connectivity index (χ3n) is 2.55. The van der Waals surface area contributed by atoms with Crippen molar-refractivity contribution in [3.8, 4) is 0 Å². The number of hydrogen-bond acceptors (Lipinski definition) is 2.